The number of anilines is 1. The first-order valence-electron chi connectivity index (χ1n) is 7.65. The van der Waals surface area contributed by atoms with Crippen molar-refractivity contribution in [3.8, 4) is 5.75 Å². The number of fused-ring (bicyclic) bond motifs is 1. The van der Waals surface area contributed by atoms with Crippen LogP contribution in [0.3, 0.4) is 0 Å². The van der Waals surface area contributed by atoms with Crippen molar-refractivity contribution in [2.24, 2.45) is 0 Å². The van der Waals surface area contributed by atoms with Gasteiger partial charge >= 0.3 is 0 Å². The molecule has 3 rings (SSSR count). The van der Waals surface area contributed by atoms with Gasteiger partial charge in [0.2, 0.25) is 15.9 Å². The first-order valence-corrected chi connectivity index (χ1v) is 9.13. The minimum Gasteiger partial charge on any atom is -0.489 e. The van der Waals surface area contributed by atoms with Gasteiger partial charge in [-0.2, -0.15) is 0 Å². The maximum atomic E-state index is 13.4. The Balaban J connectivity index is 1.62. The fourth-order valence-corrected chi connectivity index (χ4v) is 3.66. The average Bonchev–Trinajstić information content (AvgIpc) is 2.87. The number of nitrogens with zero attached hydrogens (tertiary/aromatic N) is 1. The number of likely N-dealkylation sites (N-methyl/N-ethyl adjacent to an activating group) is 1. The topological polar surface area (TPSA) is 75.7 Å². The van der Waals surface area contributed by atoms with Crippen LogP contribution in [-0.4, -0.2) is 34.5 Å². The number of halogens is 1. The molecule has 0 unspecified atom stereocenters. The maximum Gasteiger partial charge on any atom is 0.240 e. The van der Waals surface area contributed by atoms with Gasteiger partial charge in [-0.25, -0.2) is 17.5 Å². The van der Waals surface area contributed by atoms with Crippen LogP contribution in [0.1, 0.15) is 5.56 Å². The van der Waals surface area contributed by atoms with Gasteiger partial charge in [-0.15, -0.1) is 0 Å². The van der Waals surface area contributed by atoms with Crippen LogP contribution in [0.5, 0.6) is 5.75 Å². The SMILES string of the molecule is CN1C(=O)Cc2cc(S(=O)(=O)NCCOc3ccccc3F)ccc21. The Hall–Kier alpha value is -2.45. The number of hydrogen-bond acceptors (Lipinski definition) is 4. The molecule has 132 valence electrons. The molecule has 0 atom stereocenters. The third kappa shape index (κ3) is 3.64. The van der Waals surface area contributed by atoms with Crippen LogP contribution >= 0.6 is 0 Å². The first kappa shape index (κ1) is 17.4. The minimum absolute atomic E-state index is 0.00736. The highest BCUT2D eigenvalue weighted by atomic mass is 32.2. The van der Waals surface area contributed by atoms with E-state index >= 15 is 0 Å². The number of carbonyl (C=O) groups is 1. The van der Waals surface area contributed by atoms with Gasteiger partial charge in [-0.3, -0.25) is 4.79 Å². The molecule has 2 aromatic carbocycles. The van der Waals surface area contributed by atoms with Crippen molar-refractivity contribution >= 4 is 21.6 Å². The van der Waals surface area contributed by atoms with Crippen molar-refractivity contribution in [3.63, 3.8) is 0 Å². The average molecular weight is 364 g/mol. The van der Waals surface area contributed by atoms with E-state index in [0.717, 1.165) is 0 Å². The second-order valence-electron chi connectivity index (χ2n) is 5.60. The molecule has 0 spiro atoms. The van der Waals surface area contributed by atoms with Crippen molar-refractivity contribution in [2.45, 2.75) is 11.3 Å². The van der Waals surface area contributed by atoms with Crippen molar-refractivity contribution in [1.82, 2.24) is 4.72 Å². The van der Waals surface area contributed by atoms with Gasteiger partial charge in [0.15, 0.2) is 11.6 Å². The lowest BCUT2D eigenvalue weighted by Gasteiger charge is -2.12. The normalized spacial score (nSPS) is 13.8. The number of amides is 1. The highest BCUT2D eigenvalue weighted by Crippen LogP contribution is 2.29. The molecule has 1 amide bonds. The van der Waals surface area contributed by atoms with E-state index in [9.17, 15) is 17.6 Å². The fourth-order valence-electron chi connectivity index (χ4n) is 2.60. The predicted molar refractivity (Wildman–Crippen MR) is 90.6 cm³/mol. The number of rotatable bonds is 6. The van der Waals surface area contributed by atoms with Crippen molar-refractivity contribution in [1.29, 1.82) is 0 Å². The number of ether oxygens (including phenoxy) is 1. The molecule has 0 saturated heterocycles. The summed E-state index contributed by atoms with van der Waals surface area (Å²) in [7, 11) is -2.08. The second-order valence-corrected chi connectivity index (χ2v) is 7.36. The number of carbonyl (C=O) groups excluding carboxylic acids is 1. The highest BCUT2D eigenvalue weighted by molar-refractivity contribution is 7.89. The first-order chi connectivity index (χ1) is 11.9. The summed E-state index contributed by atoms with van der Waals surface area (Å²) in [4.78, 5) is 13.3. The zero-order valence-electron chi connectivity index (χ0n) is 13.5. The van der Waals surface area contributed by atoms with E-state index in [4.69, 9.17) is 4.74 Å². The number of benzene rings is 2. The van der Waals surface area contributed by atoms with E-state index in [-0.39, 0.29) is 36.1 Å². The van der Waals surface area contributed by atoms with Gasteiger partial charge < -0.3 is 9.64 Å². The molecule has 6 nitrogen and oxygen atoms in total. The fraction of sp³-hybridized carbons (Fsp3) is 0.235. The Morgan fingerprint density at radius 2 is 2.00 bits per heavy atom. The van der Waals surface area contributed by atoms with Crippen LogP contribution in [0.15, 0.2) is 47.4 Å². The minimum atomic E-state index is -3.73. The van der Waals surface area contributed by atoms with Gasteiger partial charge in [0.05, 0.1) is 11.3 Å². The van der Waals surface area contributed by atoms with E-state index in [0.29, 0.717) is 11.3 Å². The van der Waals surface area contributed by atoms with Crippen molar-refractivity contribution < 1.29 is 22.3 Å². The Morgan fingerprint density at radius 3 is 2.76 bits per heavy atom. The van der Waals surface area contributed by atoms with E-state index in [1.165, 1.54) is 29.2 Å². The summed E-state index contributed by atoms with van der Waals surface area (Å²) < 4.78 is 45.7. The van der Waals surface area contributed by atoms with Gasteiger partial charge in [-0.1, -0.05) is 12.1 Å². The molecule has 1 aliphatic heterocycles. The summed E-state index contributed by atoms with van der Waals surface area (Å²) in [6, 6.07) is 10.5. The molecule has 1 N–H and O–H groups in total. The summed E-state index contributed by atoms with van der Waals surface area (Å²) in [5.74, 6) is -0.505. The van der Waals surface area contributed by atoms with Crippen LogP contribution in [0.2, 0.25) is 0 Å². The largest absolute Gasteiger partial charge is 0.489 e. The monoisotopic (exact) mass is 364 g/mol. The number of sulfonamides is 1. The molecule has 1 heterocycles. The summed E-state index contributed by atoms with van der Waals surface area (Å²) in [5, 5.41) is 0. The lowest BCUT2D eigenvalue weighted by Crippen LogP contribution is -2.28. The molecule has 25 heavy (non-hydrogen) atoms. The molecule has 2 aromatic rings. The van der Waals surface area contributed by atoms with Crippen LogP contribution < -0.4 is 14.4 Å². The zero-order valence-corrected chi connectivity index (χ0v) is 14.3. The molecule has 0 saturated carbocycles. The smallest absolute Gasteiger partial charge is 0.240 e. The second kappa shape index (κ2) is 6.81. The van der Waals surface area contributed by atoms with Gasteiger partial charge in [0.1, 0.15) is 6.61 Å². The zero-order chi connectivity index (χ0) is 18.0. The Morgan fingerprint density at radius 1 is 1.24 bits per heavy atom. The molecule has 1 aliphatic rings. The molecule has 0 bridgehead atoms. The van der Waals surface area contributed by atoms with E-state index in [1.54, 1.807) is 25.2 Å². The molecular formula is C17H17FN2O4S. The predicted octanol–water partition coefficient (Wildman–Crippen LogP) is 1.70. The standard InChI is InChI=1S/C17H17FN2O4S/c1-20-15-7-6-13(10-12(15)11-17(20)21)25(22,23)19-8-9-24-16-5-3-2-4-14(16)18/h2-7,10,19H,8-9,11H2,1H3. The number of para-hydroxylation sites is 1. The summed E-state index contributed by atoms with van der Waals surface area (Å²) in [5.41, 5.74) is 1.39. The molecule has 0 fully saturated rings. The third-order valence-electron chi connectivity index (χ3n) is 3.93. The molecule has 0 radical (unpaired) electrons. The van der Waals surface area contributed by atoms with Crippen LogP contribution in [-0.2, 0) is 21.2 Å². The lowest BCUT2D eigenvalue weighted by molar-refractivity contribution is -0.117. The molecule has 0 aromatic heterocycles. The molecule has 0 aliphatic carbocycles. The summed E-state index contributed by atoms with van der Waals surface area (Å²) in [6.07, 6.45) is 0.186. The lowest BCUT2D eigenvalue weighted by atomic mass is 10.2. The van der Waals surface area contributed by atoms with Gasteiger partial charge in [0, 0.05) is 19.3 Å². The molecular weight excluding hydrogens is 347 g/mol. The van der Waals surface area contributed by atoms with E-state index < -0.39 is 15.8 Å². The number of hydrogen-bond donors (Lipinski definition) is 1. The Bertz CT molecular complexity index is 915. The van der Waals surface area contributed by atoms with Gasteiger partial charge in [-0.05, 0) is 35.9 Å². The Labute approximate surface area is 145 Å². The van der Waals surface area contributed by atoms with Crippen LogP contribution in [0.25, 0.3) is 0 Å². The van der Waals surface area contributed by atoms with Crippen LogP contribution in [0.4, 0.5) is 10.1 Å². The Kier molecular flexibility index (Phi) is 4.73. The summed E-state index contributed by atoms with van der Waals surface area (Å²) in [6.45, 7) is -0.0150. The van der Waals surface area contributed by atoms with E-state index in [1.807, 2.05) is 0 Å². The highest BCUT2D eigenvalue weighted by Gasteiger charge is 2.26. The molecule has 8 heteroatoms. The summed E-state index contributed by atoms with van der Waals surface area (Å²) >= 11 is 0. The van der Waals surface area contributed by atoms with Gasteiger partial charge in [0.25, 0.3) is 0 Å². The van der Waals surface area contributed by atoms with E-state index in [2.05, 4.69) is 4.72 Å². The quantitative estimate of drug-likeness (QED) is 0.792. The number of nitrogens with one attached hydrogen (secondary N) is 1. The van der Waals surface area contributed by atoms with Crippen molar-refractivity contribution in [2.75, 3.05) is 25.1 Å². The van der Waals surface area contributed by atoms with Crippen LogP contribution in [0, 0.1) is 5.82 Å². The van der Waals surface area contributed by atoms with Crippen molar-refractivity contribution in [3.05, 3.63) is 53.8 Å². The third-order valence-corrected chi connectivity index (χ3v) is 5.39. The maximum absolute atomic E-state index is 13.4.